The lowest BCUT2D eigenvalue weighted by molar-refractivity contribution is -0.308. The van der Waals surface area contributed by atoms with Gasteiger partial charge < -0.3 is 33.8 Å². The van der Waals surface area contributed by atoms with E-state index in [1.54, 1.807) is 0 Å². The number of carbonyl (C=O) groups excluding carboxylic acids is 3. The predicted octanol–water partition coefficient (Wildman–Crippen LogP) is 12.4. The summed E-state index contributed by atoms with van der Waals surface area (Å²) in [6.45, 7) is 15.3. The first kappa shape index (κ1) is 61.7. The van der Waals surface area contributed by atoms with Gasteiger partial charge in [0.15, 0.2) is 0 Å². The van der Waals surface area contributed by atoms with Crippen LogP contribution in [0, 0.1) is 0 Å². The molecule has 12 nitrogen and oxygen atoms in total. The van der Waals surface area contributed by atoms with E-state index in [9.17, 15) is 67.1 Å². The number of ether oxygens (including phenoxy) is 3. The number of amides is 2. The van der Waals surface area contributed by atoms with Crippen molar-refractivity contribution in [2.45, 2.75) is 109 Å². The lowest BCUT2D eigenvalue weighted by Gasteiger charge is -2.36. The number of carbonyl (C=O) groups is 3. The van der Waals surface area contributed by atoms with E-state index in [0.717, 1.165) is 96.8 Å². The number of rotatable bonds is 8. The zero-order valence-corrected chi connectivity index (χ0v) is 42.1. The summed E-state index contributed by atoms with van der Waals surface area (Å²) in [4.78, 5) is 45.8. The third-order valence-electron chi connectivity index (χ3n) is 11.0. The molecular formula is C44H57Br2ClF12N6O6. The molecule has 4 aliphatic heterocycles. The summed E-state index contributed by atoms with van der Waals surface area (Å²) in [7, 11) is 0. The number of piperazine rings is 2. The van der Waals surface area contributed by atoms with Gasteiger partial charge in [0.05, 0.1) is 0 Å². The number of halogens is 15. The SMILES string of the molecule is C.CC(C)(C)OC(=O)N1CCN(Cc2ccc(Br)cc2N2CCCC2)CC1.O=C(Cl)OC(C(F)(F)F)C(F)(F)F.O=C(OC(C(F)(F)F)C(F)(F)F)N1CCN(Cc2ccc(Br)cc2N2CCCC2)CC1. The molecule has 2 aromatic rings. The van der Waals surface area contributed by atoms with Crippen LogP contribution in [0.1, 0.15) is 65.0 Å². The van der Waals surface area contributed by atoms with Crippen LogP contribution >= 0.6 is 43.5 Å². The minimum Gasteiger partial charge on any atom is -0.444 e. The van der Waals surface area contributed by atoms with E-state index in [-0.39, 0.29) is 26.6 Å². The van der Waals surface area contributed by atoms with Gasteiger partial charge in [0.25, 0.3) is 12.2 Å². The van der Waals surface area contributed by atoms with Gasteiger partial charge in [-0.15, -0.1) is 0 Å². The van der Waals surface area contributed by atoms with Crippen molar-refractivity contribution in [1.29, 1.82) is 0 Å². The average Bonchev–Trinajstić information content (AvgIpc) is 3.98. The second kappa shape index (κ2) is 26.0. The van der Waals surface area contributed by atoms with Crippen molar-refractivity contribution in [3.63, 3.8) is 0 Å². The number of anilines is 2. The van der Waals surface area contributed by atoms with Gasteiger partial charge >= 0.3 is 42.3 Å². The maximum atomic E-state index is 12.6. The molecule has 0 spiro atoms. The molecule has 71 heavy (non-hydrogen) atoms. The van der Waals surface area contributed by atoms with Gasteiger partial charge in [0.1, 0.15) is 5.60 Å². The molecule has 4 fully saturated rings. The van der Waals surface area contributed by atoms with Gasteiger partial charge in [0, 0.05) is 124 Å². The van der Waals surface area contributed by atoms with Crippen LogP contribution in [0.3, 0.4) is 0 Å². The van der Waals surface area contributed by atoms with Gasteiger partial charge in [-0.2, -0.15) is 52.7 Å². The van der Waals surface area contributed by atoms with Crippen LogP contribution in [0.15, 0.2) is 45.3 Å². The Bertz CT molecular complexity index is 2010. The standard InChI is InChI=1S/C20H30BrN3O2.C19H22BrF6N3O2.C4HClF6O2.CH4/c1-20(2,3)26-19(25)24-12-10-22(11-13-24)15-16-6-7-17(21)14-18(16)23-8-4-5-9-23;20-14-4-3-13(15(11-14)28-5-1-2-6-28)12-27-7-9-29(10-8-27)17(30)31-16(18(21,22)23)19(24,25)26;5-2(12)13-1(3(6,7)8)4(9,10)11;/h6-7,14H,4-5,8-13,15H2,1-3H3;3-4,11,16H,1-2,5-10,12H2;1H;1H4. The quantitative estimate of drug-likeness (QED) is 0.144. The Kier molecular flexibility index (Phi) is 22.6. The smallest absolute Gasteiger partial charge is 0.434 e. The highest BCUT2D eigenvalue weighted by Crippen LogP contribution is 2.38. The molecule has 0 radical (unpaired) electrons. The second-order valence-electron chi connectivity index (χ2n) is 17.6. The van der Waals surface area contributed by atoms with Crippen LogP contribution in [0.5, 0.6) is 0 Å². The second-order valence-corrected chi connectivity index (χ2v) is 19.7. The lowest BCUT2D eigenvalue weighted by atomic mass is 10.1. The minimum absolute atomic E-state index is 0. The molecule has 27 heteroatoms. The van der Waals surface area contributed by atoms with Crippen molar-refractivity contribution in [2.24, 2.45) is 0 Å². The zero-order chi connectivity index (χ0) is 52.4. The highest BCUT2D eigenvalue weighted by molar-refractivity contribution is 9.10. The first-order chi connectivity index (χ1) is 32.3. The molecule has 0 saturated carbocycles. The van der Waals surface area contributed by atoms with Crippen LogP contribution < -0.4 is 9.80 Å². The Morgan fingerprint density at radius 2 is 0.859 bits per heavy atom. The number of hydrogen-bond acceptors (Lipinski definition) is 10. The largest absolute Gasteiger partial charge is 0.444 e. The fourth-order valence-electron chi connectivity index (χ4n) is 7.74. The fraction of sp³-hybridized carbons (Fsp3) is 0.659. The molecule has 0 N–H and O–H groups in total. The Balaban J connectivity index is 0.000000302. The van der Waals surface area contributed by atoms with Crippen LogP contribution in [0.4, 0.5) is 78.4 Å². The van der Waals surface area contributed by atoms with Gasteiger partial charge in [-0.1, -0.05) is 51.4 Å². The monoisotopic (exact) mass is 1190 g/mol. The van der Waals surface area contributed by atoms with Crippen molar-refractivity contribution in [3.05, 3.63) is 56.5 Å². The van der Waals surface area contributed by atoms with Crippen LogP contribution in [0.25, 0.3) is 0 Å². The van der Waals surface area contributed by atoms with E-state index in [1.807, 2.05) is 48.8 Å². The van der Waals surface area contributed by atoms with E-state index < -0.39 is 54.0 Å². The van der Waals surface area contributed by atoms with Crippen LogP contribution in [-0.4, -0.2) is 158 Å². The third kappa shape index (κ3) is 20.0. The maximum absolute atomic E-state index is 12.6. The van der Waals surface area contributed by atoms with E-state index in [1.165, 1.54) is 24.1 Å². The summed E-state index contributed by atoms with van der Waals surface area (Å²) in [6, 6.07) is 12.6. The summed E-state index contributed by atoms with van der Waals surface area (Å²) in [5.74, 6) is 0. The zero-order valence-electron chi connectivity index (χ0n) is 38.1. The van der Waals surface area contributed by atoms with E-state index >= 15 is 0 Å². The molecule has 4 saturated heterocycles. The molecule has 0 atom stereocenters. The Morgan fingerprint density at radius 3 is 1.15 bits per heavy atom. The molecule has 0 aromatic heterocycles. The van der Waals surface area contributed by atoms with Crippen molar-refractivity contribution >= 4 is 72.5 Å². The average molecular weight is 1190 g/mol. The van der Waals surface area contributed by atoms with Crippen LogP contribution in [0.2, 0.25) is 0 Å². The molecule has 2 amide bonds. The molecule has 0 bridgehead atoms. The van der Waals surface area contributed by atoms with Crippen molar-refractivity contribution in [2.75, 3.05) is 88.3 Å². The van der Waals surface area contributed by atoms with Crippen LogP contribution in [-0.2, 0) is 27.3 Å². The number of nitrogens with zero attached hydrogens (tertiary/aromatic N) is 6. The molecule has 6 rings (SSSR count). The molecule has 2 aromatic carbocycles. The number of alkyl halides is 12. The normalized spacial score (nSPS) is 17.6. The first-order valence-electron chi connectivity index (χ1n) is 21.9. The Morgan fingerprint density at radius 1 is 0.535 bits per heavy atom. The molecule has 0 unspecified atom stereocenters. The first-order valence-corrected chi connectivity index (χ1v) is 23.9. The Hall–Kier alpha value is -3.62. The fourth-order valence-corrected chi connectivity index (χ4v) is 8.53. The lowest BCUT2D eigenvalue weighted by Crippen LogP contribution is -2.52. The summed E-state index contributed by atoms with van der Waals surface area (Å²) < 4.78 is 159. The predicted molar refractivity (Wildman–Crippen MR) is 248 cm³/mol. The molecular weight excluding hydrogens is 1130 g/mol. The van der Waals surface area contributed by atoms with E-state index in [2.05, 4.69) is 85.8 Å². The summed E-state index contributed by atoms with van der Waals surface area (Å²) in [6.07, 6.45) is -28.2. The van der Waals surface area contributed by atoms with Gasteiger partial charge in [-0.05, 0) is 81.8 Å². The topological polar surface area (TPSA) is 98.3 Å². The van der Waals surface area contributed by atoms with Gasteiger partial charge in [-0.3, -0.25) is 9.80 Å². The van der Waals surface area contributed by atoms with Crippen molar-refractivity contribution < 1.29 is 81.3 Å². The number of hydrogen-bond donors (Lipinski definition) is 0. The molecule has 4 aliphatic rings. The number of benzene rings is 2. The summed E-state index contributed by atoms with van der Waals surface area (Å²) in [5.41, 5.74) is 2.31. The van der Waals surface area contributed by atoms with Gasteiger partial charge in [-0.25, -0.2) is 14.4 Å². The molecule has 404 valence electrons. The minimum atomic E-state index is -5.72. The van der Waals surface area contributed by atoms with Gasteiger partial charge in [0.2, 0.25) is 0 Å². The van der Waals surface area contributed by atoms with Crippen molar-refractivity contribution in [3.8, 4) is 0 Å². The van der Waals surface area contributed by atoms with E-state index in [0.29, 0.717) is 19.6 Å². The molecule has 0 aliphatic carbocycles. The van der Waals surface area contributed by atoms with E-state index in [4.69, 9.17) is 4.74 Å². The third-order valence-corrected chi connectivity index (χ3v) is 12.1. The van der Waals surface area contributed by atoms with Crippen molar-refractivity contribution in [1.82, 2.24) is 19.6 Å². The highest BCUT2D eigenvalue weighted by atomic mass is 79.9. The highest BCUT2D eigenvalue weighted by Gasteiger charge is 2.61. The summed E-state index contributed by atoms with van der Waals surface area (Å²) >= 11 is 11.3. The maximum Gasteiger partial charge on any atom is 0.434 e. The summed E-state index contributed by atoms with van der Waals surface area (Å²) in [5, 5.41) is 0. The molecule has 4 heterocycles. The Labute approximate surface area is 426 Å².